The summed E-state index contributed by atoms with van der Waals surface area (Å²) in [7, 11) is 0. The second-order valence-electron chi connectivity index (χ2n) is 5.23. The third-order valence-electron chi connectivity index (χ3n) is 3.74. The van der Waals surface area contributed by atoms with Crippen molar-refractivity contribution in [3.63, 3.8) is 0 Å². The Morgan fingerprint density at radius 3 is 2.45 bits per heavy atom. The summed E-state index contributed by atoms with van der Waals surface area (Å²) in [6, 6.07) is 3.07. The average molecular weight is 279 g/mol. The van der Waals surface area contributed by atoms with Crippen molar-refractivity contribution in [3.8, 4) is 0 Å². The number of rotatable bonds is 3. The topological polar surface area (TPSA) is 6.25 Å². The fourth-order valence-electron chi connectivity index (χ4n) is 2.69. The highest BCUT2D eigenvalue weighted by Gasteiger charge is 2.26. The molecule has 0 saturated carbocycles. The quantitative estimate of drug-likeness (QED) is 0.757. The van der Waals surface area contributed by atoms with Crippen LogP contribution < -0.4 is 0 Å². The lowest BCUT2D eigenvalue weighted by Crippen LogP contribution is -2.18. The third-order valence-corrected chi connectivity index (χ3v) is 3.74. The van der Waals surface area contributed by atoms with Gasteiger partial charge in [0.1, 0.15) is 36.1 Å². The van der Waals surface area contributed by atoms with Crippen molar-refractivity contribution in [2.45, 2.75) is 34.1 Å². The summed E-state index contributed by atoms with van der Waals surface area (Å²) < 4.78 is 29.1. The van der Waals surface area contributed by atoms with Crippen LogP contribution in [0.5, 0.6) is 0 Å². The molecule has 1 aromatic rings. The van der Waals surface area contributed by atoms with Crippen molar-refractivity contribution in [2.75, 3.05) is 13.1 Å². The van der Waals surface area contributed by atoms with Crippen LogP contribution in [0.3, 0.4) is 0 Å². The largest absolute Gasteiger partial charge is 0.244 e. The first-order valence-corrected chi connectivity index (χ1v) is 6.94. The van der Waals surface area contributed by atoms with Gasteiger partial charge in [0.15, 0.2) is 0 Å². The molecular weight excluding hydrogens is 258 g/mol. The molecule has 0 bridgehead atoms. The maximum absolute atomic E-state index is 13.7. The third kappa shape index (κ3) is 2.74. The van der Waals surface area contributed by atoms with Gasteiger partial charge in [0.05, 0.1) is 0 Å². The summed E-state index contributed by atoms with van der Waals surface area (Å²) in [4.78, 5) is 1.92. The van der Waals surface area contributed by atoms with Crippen molar-refractivity contribution in [2.24, 2.45) is 0 Å². The van der Waals surface area contributed by atoms with Gasteiger partial charge >= 0.3 is 0 Å². The molecule has 0 saturated heterocycles. The molecule has 0 spiro atoms. The van der Waals surface area contributed by atoms with Crippen molar-refractivity contribution >= 4 is 12.0 Å². The zero-order valence-corrected chi connectivity index (χ0v) is 12.5. The van der Waals surface area contributed by atoms with E-state index in [4.69, 9.17) is 0 Å². The van der Waals surface area contributed by atoms with Gasteiger partial charge < -0.3 is 0 Å². The number of allylic oxidation sites excluding steroid dienone is 2. The lowest BCUT2D eigenvalue weighted by molar-refractivity contribution is -0.425. The number of aryl methyl sites for hydroxylation is 2. The number of benzene rings is 1. The minimum Gasteiger partial charge on any atom is -0.231 e. The summed E-state index contributed by atoms with van der Waals surface area (Å²) in [6.45, 7) is 8.93. The van der Waals surface area contributed by atoms with E-state index < -0.39 is 0 Å². The van der Waals surface area contributed by atoms with E-state index in [1.165, 1.54) is 12.1 Å². The fourth-order valence-corrected chi connectivity index (χ4v) is 2.69. The minimum atomic E-state index is -0.215. The van der Waals surface area contributed by atoms with Gasteiger partial charge in [-0.1, -0.05) is 6.92 Å². The number of hydrogen-bond acceptors (Lipinski definition) is 1. The van der Waals surface area contributed by atoms with Gasteiger partial charge in [-0.25, -0.2) is 18.3 Å². The fraction of sp³-hybridized carbons (Fsp3) is 0.438. The Balaban J connectivity index is 2.37. The van der Waals surface area contributed by atoms with Crippen LogP contribution in [0.2, 0.25) is 0 Å². The lowest BCUT2D eigenvalue weighted by Gasteiger charge is -2.08. The van der Waals surface area contributed by atoms with Gasteiger partial charge in [0.25, 0.3) is 0 Å². The molecule has 20 heavy (non-hydrogen) atoms. The molecule has 0 unspecified atom stereocenters. The van der Waals surface area contributed by atoms with E-state index in [2.05, 4.69) is 4.58 Å². The van der Waals surface area contributed by atoms with Crippen LogP contribution >= 0.6 is 0 Å². The Morgan fingerprint density at radius 2 is 1.90 bits per heavy atom. The van der Waals surface area contributed by atoms with E-state index in [-0.39, 0.29) is 11.6 Å². The maximum Gasteiger partial charge on any atom is 0.244 e. The van der Waals surface area contributed by atoms with Gasteiger partial charge in [0, 0.05) is 13.3 Å². The maximum atomic E-state index is 13.7. The molecule has 0 radical (unpaired) electrons. The Morgan fingerprint density at radius 1 is 1.30 bits per heavy atom. The molecule has 108 valence electrons. The average Bonchev–Trinajstić information content (AvgIpc) is 2.85. The zero-order chi connectivity index (χ0) is 14.9. The van der Waals surface area contributed by atoms with Crippen LogP contribution in [0.4, 0.5) is 14.5 Å². The Hall–Kier alpha value is -1.71. The molecule has 1 heterocycles. The molecule has 2 nitrogen and oxygen atoms in total. The second kappa shape index (κ2) is 5.73. The molecule has 0 amide bonds. The predicted octanol–water partition coefficient (Wildman–Crippen LogP) is 4.04. The molecule has 1 aliphatic rings. The molecule has 0 aliphatic carbocycles. The molecule has 4 heteroatoms. The van der Waals surface area contributed by atoms with Crippen LogP contribution in [0, 0.1) is 19.7 Å². The summed E-state index contributed by atoms with van der Waals surface area (Å²) in [5.41, 5.74) is 3.47. The Labute approximate surface area is 119 Å². The Kier molecular flexibility index (Phi) is 4.21. The molecular formula is C16H21F2N2+. The van der Waals surface area contributed by atoms with E-state index in [0.29, 0.717) is 12.1 Å². The molecule has 1 aromatic carbocycles. The first-order valence-electron chi connectivity index (χ1n) is 6.94. The van der Waals surface area contributed by atoms with E-state index >= 15 is 0 Å². The molecule has 0 fully saturated rings. The summed E-state index contributed by atoms with van der Waals surface area (Å²) in [6.07, 6.45) is 2.32. The highest BCUT2D eigenvalue weighted by atomic mass is 19.1. The number of halogens is 2. The SMILES string of the molecule is CCC(F)=C(C)N1C=[N+](c2c(C)cc(F)cc2C)CC1. The minimum absolute atomic E-state index is 0.0874. The normalized spacial score (nSPS) is 16.3. The van der Waals surface area contributed by atoms with Gasteiger partial charge in [0.2, 0.25) is 6.34 Å². The van der Waals surface area contributed by atoms with E-state index in [1.807, 2.05) is 25.1 Å². The molecule has 0 aromatic heterocycles. The highest BCUT2D eigenvalue weighted by Crippen LogP contribution is 2.26. The zero-order valence-electron chi connectivity index (χ0n) is 12.5. The predicted molar refractivity (Wildman–Crippen MR) is 77.5 cm³/mol. The lowest BCUT2D eigenvalue weighted by atomic mass is 10.1. The molecule has 0 N–H and O–H groups in total. The van der Waals surface area contributed by atoms with E-state index in [1.54, 1.807) is 13.8 Å². The van der Waals surface area contributed by atoms with Crippen LogP contribution in [-0.4, -0.2) is 28.9 Å². The smallest absolute Gasteiger partial charge is 0.231 e. The molecule has 0 atom stereocenters. The van der Waals surface area contributed by atoms with Crippen molar-refractivity contribution < 1.29 is 13.4 Å². The first-order chi connectivity index (χ1) is 9.43. The van der Waals surface area contributed by atoms with E-state index in [0.717, 1.165) is 29.9 Å². The van der Waals surface area contributed by atoms with Crippen LogP contribution in [0.1, 0.15) is 31.4 Å². The number of nitrogens with zero attached hydrogens (tertiary/aromatic N) is 2. The van der Waals surface area contributed by atoms with Crippen molar-refractivity contribution in [1.82, 2.24) is 4.90 Å². The van der Waals surface area contributed by atoms with Gasteiger partial charge in [-0.15, -0.1) is 0 Å². The van der Waals surface area contributed by atoms with Crippen LogP contribution in [-0.2, 0) is 0 Å². The summed E-state index contributed by atoms with van der Waals surface area (Å²) in [5.74, 6) is -0.302. The summed E-state index contributed by atoms with van der Waals surface area (Å²) >= 11 is 0. The number of hydrogen-bond donors (Lipinski definition) is 0. The second-order valence-corrected chi connectivity index (χ2v) is 5.23. The summed E-state index contributed by atoms with van der Waals surface area (Å²) in [5, 5.41) is 0. The van der Waals surface area contributed by atoms with Crippen LogP contribution in [0.15, 0.2) is 23.7 Å². The standard InChI is InChI=1S/C16H21F2N2/c1-5-15(18)13(4)19-6-7-20(10-19)16-11(2)8-14(17)9-12(16)3/h8-10H,5-7H2,1-4H3/q+1. The van der Waals surface area contributed by atoms with E-state index in [9.17, 15) is 8.78 Å². The van der Waals surface area contributed by atoms with Crippen molar-refractivity contribution in [3.05, 3.63) is 40.6 Å². The van der Waals surface area contributed by atoms with Crippen molar-refractivity contribution in [1.29, 1.82) is 0 Å². The van der Waals surface area contributed by atoms with Gasteiger partial charge in [-0.05, 0) is 37.1 Å². The Bertz CT molecular complexity index is 565. The van der Waals surface area contributed by atoms with Gasteiger partial charge in [-0.2, -0.15) is 0 Å². The first kappa shape index (κ1) is 14.7. The van der Waals surface area contributed by atoms with Gasteiger partial charge in [-0.3, -0.25) is 0 Å². The molecule has 2 rings (SSSR count). The molecule has 1 aliphatic heterocycles. The highest BCUT2D eigenvalue weighted by molar-refractivity contribution is 5.59. The van der Waals surface area contributed by atoms with Crippen LogP contribution in [0.25, 0.3) is 0 Å². The monoisotopic (exact) mass is 279 g/mol.